The van der Waals surface area contributed by atoms with Crippen LogP contribution in [0.2, 0.25) is 0 Å². The highest BCUT2D eigenvalue weighted by molar-refractivity contribution is 7.92. The van der Waals surface area contributed by atoms with Crippen molar-refractivity contribution in [2.45, 2.75) is 73.5 Å². The third-order valence-corrected chi connectivity index (χ3v) is 13.3. The lowest BCUT2D eigenvalue weighted by Crippen LogP contribution is -2.58. The largest absolute Gasteiger partial charge is 0.453 e. The smallest absolute Gasteiger partial charge is 0.407 e. The van der Waals surface area contributed by atoms with E-state index in [0.717, 1.165) is 102 Å². The molecule has 2 saturated carbocycles. The molecular weight excluding hydrogens is 591 g/mol. The molecule has 246 valence electrons. The Morgan fingerprint density at radius 1 is 1.02 bits per heavy atom. The van der Waals surface area contributed by atoms with Crippen molar-refractivity contribution < 1.29 is 22.3 Å². The highest BCUT2D eigenvalue weighted by Gasteiger charge is 2.52. The number of anilines is 1. The monoisotopic (exact) mass is 640 g/mol. The van der Waals surface area contributed by atoms with Gasteiger partial charge in [-0.05, 0) is 112 Å². The quantitative estimate of drug-likeness (QED) is 0.338. The van der Waals surface area contributed by atoms with Gasteiger partial charge in [0.2, 0.25) is 0 Å². The average molecular weight is 641 g/mol. The van der Waals surface area contributed by atoms with Crippen LogP contribution >= 0.6 is 0 Å². The second kappa shape index (κ2) is 13.6. The van der Waals surface area contributed by atoms with E-state index >= 15 is 0 Å². The van der Waals surface area contributed by atoms with Crippen LogP contribution in [0.15, 0.2) is 53.4 Å². The van der Waals surface area contributed by atoms with Crippen LogP contribution in [0.1, 0.15) is 57.4 Å². The maximum absolute atomic E-state index is 14.8. The molecular formula is C35H49FN4O4S. The molecule has 45 heavy (non-hydrogen) atoms. The maximum Gasteiger partial charge on any atom is 0.407 e. The number of nitrogens with zero attached hydrogens (tertiary/aromatic N) is 2. The first-order chi connectivity index (χ1) is 21.7. The number of benzene rings is 2. The molecule has 1 amide bonds. The van der Waals surface area contributed by atoms with Crippen molar-refractivity contribution in [3.8, 4) is 0 Å². The molecule has 4 fully saturated rings. The third kappa shape index (κ3) is 6.74. The zero-order valence-electron chi connectivity index (χ0n) is 26.7. The van der Waals surface area contributed by atoms with Crippen LogP contribution in [0.4, 0.5) is 14.9 Å². The van der Waals surface area contributed by atoms with Gasteiger partial charge in [0.1, 0.15) is 5.82 Å². The molecule has 6 rings (SSSR count). The van der Waals surface area contributed by atoms with Gasteiger partial charge in [-0.2, -0.15) is 0 Å². The number of nitrogens with one attached hydrogen (secondary N) is 2. The molecule has 2 saturated heterocycles. The molecule has 0 spiro atoms. The minimum atomic E-state index is -3.15. The molecule has 2 aromatic rings. The predicted octanol–water partition coefficient (Wildman–Crippen LogP) is 4.98. The van der Waals surface area contributed by atoms with Gasteiger partial charge in [-0.25, -0.2) is 17.6 Å². The number of alkyl carbamates (subject to hydrolysis) is 1. The third-order valence-electron chi connectivity index (χ3n) is 11.0. The van der Waals surface area contributed by atoms with Crippen LogP contribution in [0, 0.1) is 23.6 Å². The second-order valence-corrected chi connectivity index (χ2v) is 15.9. The van der Waals surface area contributed by atoms with Crippen molar-refractivity contribution >= 4 is 21.6 Å². The van der Waals surface area contributed by atoms with Gasteiger partial charge in [-0.15, -0.1) is 0 Å². The summed E-state index contributed by atoms with van der Waals surface area (Å²) in [5.41, 5.74) is 1.82. The Bertz CT molecular complexity index is 1420. The Hall–Kier alpha value is -2.69. The van der Waals surface area contributed by atoms with E-state index in [4.69, 9.17) is 4.74 Å². The number of sulfone groups is 1. The summed E-state index contributed by atoms with van der Waals surface area (Å²) in [4.78, 5) is 17.7. The standard InChI is InChI=1S/C35H49FN4O4S/c1-3-37-24-35(27-6-4-7-28(36)20-27,32-8-5-9-33(32)38-34(41)44-2)26-16-18-39(19-17-26)21-25-22-40(23-25)29-10-12-30(13-11-29)45(42,43)31-14-15-31/h4,6-7,10-13,20,25-26,31-33,37H,3,5,8-9,14-19,21-24H2,1-2H3,(H,38,41)/t32-,33-,35-/m0/s1. The van der Waals surface area contributed by atoms with Gasteiger partial charge >= 0.3 is 6.09 Å². The van der Waals surface area contributed by atoms with Gasteiger partial charge in [-0.1, -0.05) is 25.5 Å². The summed E-state index contributed by atoms with van der Waals surface area (Å²) in [6.45, 7) is 8.70. The number of rotatable bonds is 12. The number of piperidine rings is 1. The zero-order chi connectivity index (χ0) is 31.6. The molecule has 2 aliphatic heterocycles. The van der Waals surface area contributed by atoms with E-state index in [2.05, 4.69) is 33.4 Å². The second-order valence-electron chi connectivity index (χ2n) is 13.7. The highest BCUT2D eigenvalue weighted by Crippen LogP contribution is 2.50. The number of hydrogen-bond donors (Lipinski definition) is 2. The fourth-order valence-corrected chi connectivity index (χ4v) is 10.2. The summed E-state index contributed by atoms with van der Waals surface area (Å²) in [6.07, 6.45) is 6.13. The predicted molar refractivity (Wildman–Crippen MR) is 175 cm³/mol. The Morgan fingerprint density at radius 3 is 2.40 bits per heavy atom. The van der Waals surface area contributed by atoms with Gasteiger partial charge in [0.15, 0.2) is 9.84 Å². The van der Waals surface area contributed by atoms with Gasteiger partial charge in [0.05, 0.1) is 17.3 Å². The van der Waals surface area contributed by atoms with Crippen LogP contribution in [-0.4, -0.2) is 83.6 Å². The average Bonchev–Trinajstić information content (AvgIpc) is 3.80. The number of likely N-dealkylation sites (tertiary alicyclic amines) is 1. The number of ether oxygens (including phenoxy) is 1. The first-order valence-corrected chi connectivity index (χ1v) is 18.4. The van der Waals surface area contributed by atoms with E-state index in [9.17, 15) is 17.6 Å². The summed E-state index contributed by atoms with van der Waals surface area (Å²) in [6, 6.07) is 14.6. The van der Waals surface area contributed by atoms with Crippen LogP contribution < -0.4 is 15.5 Å². The fraction of sp³-hybridized carbons (Fsp3) is 0.629. The molecule has 0 aromatic heterocycles. The van der Waals surface area contributed by atoms with Gasteiger partial charge < -0.3 is 25.2 Å². The van der Waals surface area contributed by atoms with E-state index < -0.39 is 15.9 Å². The molecule has 0 bridgehead atoms. The van der Waals surface area contributed by atoms with Gasteiger partial charge in [0, 0.05) is 49.2 Å². The lowest BCUT2D eigenvalue weighted by molar-refractivity contribution is 0.0656. The summed E-state index contributed by atoms with van der Waals surface area (Å²) in [5, 5.41) is 6.61. The van der Waals surface area contributed by atoms with Crippen molar-refractivity contribution in [1.82, 2.24) is 15.5 Å². The minimum absolute atomic E-state index is 0.0127. The SMILES string of the molecule is CCNC[C@@](c1cccc(F)c1)(C1CCN(CC2CN(c3ccc(S(=O)(=O)C4CC4)cc3)C2)CC1)[C@H]1CCC[C@@H]1NC(=O)OC. The molecule has 0 radical (unpaired) electrons. The number of hydrogen-bond acceptors (Lipinski definition) is 7. The Kier molecular flexibility index (Phi) is 9.73. The molecule has 3 atom stereocenters. The summed E-state index contributed by atoms with van der Waals surface area (Å²) in [5.74, 6) is 0.896. The first kappa shape index (κ1) is 32.3. The molecule has 2 heterocycles. The van der Waals surface area contributed by atoms with Gasteiger partial charge in [0.25, 0.3) is 0 Å². The Balaban J connectivity index is 1.11. The number of carbonyl (C=O) groups excluding carboxylic acids is 1. The molecule has 4 aliphatic rings. The van der Waals surface area contributed by atoms with Crippen LogP contribution in [0.3, 0.4) is 0 Å². The zero-order valence-corrected chi connectivity index (χ0v) is 27.5. The topological polar surface area (TPSA) is 91.0 Å². The van der Waals surface area contributed by atoms with E-state index in [1.54, 1.807) is 18.2 Å². The van der Waals surface area contributed by atoms with Crippen molar-refractivity contribution in [3.05, 3.63) is 59.9 Å². The van der Waals surface area contributed by atoms with E-state index in [0.29, 0.717) is 16.7 Å². The summed E-state index contributed by atoms with van der Waals surface area (Å²) >= 11 is 0. The normalized spacial score (nSPS) is 24.6. The van der Waals surface area contributed by atoms with Gasteiger partial charge in [-0.3, -0.25) is 0 Å². The van der Waals surface area contributed by atoms with Crippen LogP contribution in [-0.2, 0) is 20.0 Å². The van der Waals surface area contributed by atoms with Crippen molar-refractivity contribution in [2.75, 3.05) is 57.8 Å². The number of methoxy groups -OCH3 is 1. The van der Waals surface area contributed by atoms with Crippen LogP contribution in [0.25, 0.3) is 0 Å². The minimum Gasteiger partial charge on any atom is -0.453 e. The van der Waals surface area contributed by atoms with E-state index in [1.807, 2.05) is 18.2 Å². The van der Waals surface area contributed by atoms with Crippen molar-refractivity contribution in [2.24, 2.45) is 17.8 Å². The maximum atomic E-state index is 14.8. The first-order valence-electron chi connectivity index (χ1n) is 16.9. The number of likely N-dealkylation sites (N-methyl/N-ethyl adjacent to an activating group) is 1. The highest BCUT2D eigenvalue weighted by atomic mass is 32.2. The number of amides is 1. The summed E-state index contributed by atoms with van der Waals surface area (Å²) in [7, 11) is -1.74. The van der Waals surface area contributed by atoms with Crippen molar-refractivity contribution in [3.63, 3.8) is 0 Å². The van der Waals surface area contributed by atoms with E-state index in [-0.39, 0.29) is 28.4 Å². The van der Waals surface area contributed by atoms with Crippen LogP contribution in [0.5, 0.6) is 0 Å². The molecule has 8 nitrogen and oxygen atoms in total. The number of carbonyl (C=O) groups is 1. The molecule has 0 unspecified atom stereocenters. The molecule has 2 aromatic carbocycles. The Morgan fingerprint density at radius 2 is 1.76 bits per heavy atom. The number of halogens is 1. The van der Waals surface area contributed by atoms with Crippen molar-refractivity contribution in [1.29, 1.82) is 0 Å². The molecule has 2 aliphatic carbocycles. The van der Waals surface area contributed by atoms with E-state index in [1.165, 1.54) is 13.2 Å². The molecule has 10 heteroatoms. The molecule has 2 N–H and O–H groups in total. The fourth-order valence-electron chi connectivity index (χ4n) is 8.51. The lowest BCUT2D eigenvalue weighted by Gasteiger charge is -2.51. The lowest BCUT2D eigenvalue weighted by atomic mass is 9.58. The summed E-state index contributed by atoms with van der Waals surface area (Å²) < 4.78 is 44.9. The Labute approximate surface area is 268 Å².